The number of nitrogens with zero attached hydrogens (tertiary/aromatic N) is 1. The third-order valence-corrected chi connectivity index (χ3v) is 4.20. The molecule has 0 bridgehead atoms. The highest BCUT2D eigenvalue weighted by Gasteiger charge is 2.13. The Hall–Kier alpha value is -0.940. The topological polar surface area (TPSA) is 46.4 Å². The SMILES string of the molecule is O=C(NCCCCC[NH+]1CCCC1)c1cncc(Br)c1. The lowest BCUT2D eigenvalue weighted by Crippen LogP contribution is -3.09. The highest BCUT2D eigenvalue weighted by molar-refractivity contribution is 9.10. The van der Waals surface area contributed by atoms with Gasteiger partial charge >= 0.3 is 0 Å². The normalized spacial score (nSPS) is 15.4. The minimum absolute atomic E-state index is 0.0380. The Balaban J connectivity index is 1.55. The van der Waals surface area contributed by atoms with Crippen molar-refractivity contribution >= 4 is 21.8 Å². The van der Waals surface area contributed by atoms with Gasteiger partial charge in [0.05, 0.1) is 25.2 Å². The van der Waals surface area contributed by atoms with E-state index >= 15 is 0 Å². The first kappa shape index (κ1) is 15.4. The highest BCUT2D eigenvalue weighted by Crippen LogP contribution is 2.09. The lowest BCUT2D eigenvalue weighted by atomic mass is 10.2. The number of halogens is 1. The second-order valence-electron chi connectivity index (χ2n) is 5.42. The van der Waals surface area contributed by atoms with Crippen molar-refractivity contribution in [2.45, 2.75) is 32.1 Å². The Morgan fingerprint density at radius 2 is 2.05 bits per heavy atom. The van der Waals surface area contributed by atoms with Crippen molar-refractivity contribution in [1.82, 2.24) is 10.3 Å². The molecule has 1 aliphatic rings. The van der Waals surface area contributed by atoms with Crippen molar-refractivity contribution < 1.29 is 9.69 Å². The molecule has 0 atom stereocenters. The number of aromatic nitrogens is 1. The zero-order valence-electron chi connectivity index (χ0n) is 11.8. The van der Waals surface area contributed by atoms with Gasteiger partial charge in [-0.05, 0) is 41.3 Å². The van der Waals surface area contributed by atoms with E-state index in [0.717, 1.165) is 17.4 Å². The minimum atomic E-state index is -0.0380. The molecule has 20 heavy (non-hydrogen) atoms. The summed E-state index contributed by atoms with van der Waals surface area (Å²) in [7, 11) is 0. The van der Waals surface area contributed by atoms with Gasteiger partial charge < -0.3 is 10.2 Å². The second kappa shape index (κ2) is 8.37. The van der Waals surface area contributed by atoms with Gasteiger partial charge in [-0.25, -0.2) is 0 Å². The Kier molecular flexibility index (Phi) is 6.47. The fourth-order valence-corrected chi connectivity index (χ4v) is 3.01. The maximum absolute atomic E-state index is 11.9. The molecule has 0 radical (unpaired) electrons. The number of amides is 1. The molecule has 2 N–H and O–H groups in total. The average Bonchev–Trinajstić information content (AvgIpc) is 2.95. The van der Waals surface area contributed by atoms with Crippen LogP contribution in [0.25, 0.3) is 0 Å². The molecule has 1 aromatic rings. The van der Waals surface area contributed by atoms with Crippen molar-refractivity contribution in [3.8, 4) is 0 Å². The predicted molar refractivity (Wildman–Crippen MR) is 82.9 cm³/mol. The van der Waals surface area contributed by atoms with Gasteiger partial charge in [-0.2, -0.15) is 0 Å². The third-order valence-electron chi connectivity index (χ3n) is 3.77. The van der Waals surface area contributed by atoms with Crippen LogP contribution in [-0.4, -0.2) is 37.1 Å². The summed E-state index contributed by atoms with van der Waals surface area (Å²) in [6.07, 6.45) is 9.58. The molecule has 0 aliphatic carbocycles. The molecule has 0 spiro atoms. The zero-order valence-corrected chi connectivity index (χ0v) is 13.4. The van der Waals surface area contributed by atoms with Crippen LogP contribution in [0.5, 0.6) is 0 Å². The monoisotopic (exact) mass is 340 g/mol. The van der Waals surface area contributed by atoms with Gasteiger partial charge in [-0.15, -0.1) is 0 Å². The summed E-state index contributed by atoms with van der Waals surface area (Å²) in [5.41, 5.74) is 0.612. The molecule has 1 amide bonds. The van der Waals surface area contributed by atoms with Crippen LogP contribution in [0.2, 0.25) is 0 Å². The number of nitrogens with one attached hydrogen (secondary N) is 2. The van der Waals surface area contributed by atoms with E-state index in [1.54, 1.807) is 23.4 Å². The van der Waals surface area contributed by atoms with Crippen LogP contribution in [0.15, 0.2) is 22.9 Å². The molecule has 0 saturated carbocycles. The van der Waals surface area contributed by atoms with E-state index in [4.69, 9.17) is 0 Å². The molecule has 1 fully saturated rings. The van der Waals surface area contributed by atoms with E-state index < -0.39 is 0 Å². The van der Waals surface area contributed by atoms with Crippen LogP contribution in [0.3, 0.4) is 0 Å². The summed E-state index contributed by atoms with van der Waals surface area (Å²) in [5.74, 6) is -0.0380. The number of unbranched alkanes of at least 4 members (excludes halogenated alkanes) is 2. The molecule has 1 aliphatic heterocycles. The summed E-state index contributed by atoms with van der Waals surface area (Å²) in [6.45, 7) is 4.75. The van der Waals surface area contributed by atoms with Gasteiger partial charge in [0, 0.05) is 36.3 Å². The molecule has 2 rings (SSSR count). The maximum Gasteiger partial charge on any atom is 0.252 e. The zero-order chi connectivity index (χ0) is 14.2. The number of rotatable bonds is 7. The smallest absolute Gasteiger partial charge is 0.252 e. The Morgan fingerprint density at radius 3 is 2.80 bits per heavy atom. The first-order chi connectivity index (χ1) is 9.75. The van der Waals surface area contributed by atoms with Crippen LogP contribution in [-0.2, 0) is 0 Å². The Bertz CT molecular complexity index is 433. The summed E-state index contributed by atoms with van der Waals surface area (Å²) >= 11 is 3.32. The van der Waals surface area contributed by atoms with Crippen molar-refractivity contribution in [3.05, 3.63) is 28.5 Å². The Morgan fingerprint density at radius 1 is 1.25 bits per heavy atom. The van der Waals surface area contributed by atoms with Crippen LogP contribution in [0, 0.1) is 0 Å². The van der Waals surface area contributed by atoms with Gasteiger partial charge in [0.15, 0.2) is 0 Å². The van der Waals surface area contributed by atoms with E-state index in [9.17, 15) is 4.79 Å². The second-order valence-corrected chi connectivity index (χ2v) is 6.33. The van der Waals surface area contributed by atoms with Crippen molar-refractivity contribution in [3.63, 3.8) is 0 Å². The van der Waals surface area contributed by atoms with Crippen LogP contribution < -0.4 is 10.2 Å². The van der Waals surface area contributed by atoms with Gasteiger partial charge in [0.2, 0.25) is 0 Å². The van der Waals surface area contributed by atoms with Crippen molar-refractivity contribution in [2.75, 3.05) is 26.2 Å². The molecule has 0 aromatic carbocycles. The summed E-state index contributed by atoms with van der Waals surface area (Å²) in [6, 6.07) is 1.79. The van der Waals surface area contributed by atoms with Crippen molar-refractivity contribution in [1.29, 1.82) is 0 Å². The molecule has 1 saturated heterocycles. The number of pyridine rings is 1. The highest BCUT2D eigenvalue weighted by atomic mass is 79.9. The average molecular weight is 341 g/mol. The third kappa shape index (κ3) is 5.21. The molecule has 5 heteroatoms. The molecular weight excluding hydrogens is 318 g/mol. The number of hydrogen-bond donors (Lipinski definition) is 2. The number of likely N-dealkylation sites (tertiary alicyclic amines) is 1. The standard InChI is InChI=1S/C15H22BrN3O/c16-14-10-13(11-17-12-14)15(20)18-6-2-1-3-7-19-8-4-5-9-19/h10-12H,1-9H2,(H,18,20)/p+1. The van der Waals surface area contributed by atoms with Crippen LogP contribution in [0.4, 0.5) is 0 Å². The maximum atomic E-state index is 11.9. The first-order valence-electron chi connectivity index (χ1n) is 7.48. The predicted octanol–water partition coefficient (Wildman–Crippen LogP) is 1.42. The number of carbonyl (C=O) groups excluding carboxylic acids is 1. The lowest BCUT2D eigenvalue weighted by molar-refractivity contribution is -0.887. The summed E-state index contributed by atoms with van der Waals surface area (Å²) in [4.78, 5) is 17.6. The van der Waals surface area contributed by atoms with E-state index in [1.165, 1.54) is 45.3 Å². The van der Waals surface area contributed by atoms with E-state index in [1.807, 2.05) is 0 Å². The van der Waals surface area contributed by atoms with Crippen molar-refractivity contribution in [2.24, 2.45) is 0 Å². The fourth-order valence-electron chi connectivity index (χ4n) is 2.64. The number of quaternary nitrogens is 1. The van der Waals surface area contributed by atoms with Gasteiger partial charge in [0.1, 0.15) is 0 Å². The number of hydrogen-bond acceptors (Lipinski definition) is 2. The van der Waals surface area contributed by atoms with Gasteiger partial charge in [0.25, 0.3) is 5.91 Å². The van der Waals surface area contributed by atoms with Gasteiger partial charge in [-0.1, -0.05) is 0 Å². The molecule has 2 heterocycles. The van der Waals surface area contributed by atoms with Crippen LogP contribution >= 0.6 is 15.9 Å². The largest absolute Gasteiger partial charge is 0.352 e. The summed E-state index contributed by atoms with van der Waals surface area (Å²) in [5, 5.41) is 2.95. The lowest BCUT2D eigenvalue weighted by Gasteiger charge is -2.11. The molecule has 1 aromatic heterocycles. The van der Waals surface area contributed by atoms with E-state index in [0.29, 0.717) is 5.56 Å². The first-order valence-corrected chi connectivity index (χ1v) is 8.27. The minimum Gasteiger partial charge on any atom is -0.352 e. The summed E-state index contributed by atoms with van der Waals surface area (Å²) < 4.78 is 0.832. The quantitative estimate of drug-likeness (QED) is 0.737. The Labute approximate surface area is 129 Å². The van der Waals surface area contributed by atoms with Crippen LogP contribution in [0.1, 0.15) is 42.5 Å². The number of carbonyl (C=O) groups is 1. The van der Waals surface area contributed by atoms with E-state index in [-0.39, 0.29) is 5.91 Å². The molecule has 0 unspecified atom stereocenters. The van der Waals surface area contributed by atoms with E-state index in [2.05, 4.69) is 26.2 Å². The fraction of sp³-hybridized carbons (Fsp3) is 0.600. The molecule has 4 nitrogen and oxygen atoms in total. The molecular formula is C15H23BrN3O+. The van der Waals surface area contributed by atoms with Gasteiger partial charge in [-0.3, -0.25) is 9.78 Å². The molecule has 110 valence electrons.